The largest absolute Gasteiger partial charge is 0.348 e. The summed E-state index contributed by atoms with van der Waals surface area (Å²) in [5.74, 6) is -0.308. The molecule has 0 aliphatic carbocycles. The van der Waals surface area contributed by atoms with Gasteiger partial charge in [0.25, 0.3) is 11.5 Å². The molecule has 1 amide bonds. The second-order valence-corrected chi connectivity index (χ2v) is 7.99. The number of nitrogens with one attached hydrogen (secondary N) is 2. The molecule has 2 heterocycles. The van der Waals surface area contributed by atoms with E-state index in [2.05, 4.69) is 10.7 Å². The minimum Gasteiger partial charge on any atom is -0.348 e. The number of benzene rings is 2. The molecule has 0 fully saturated rings. The summed E-state index contributed by atoms with van der Waals surface area (Å²) in [6.07, 6.45) is 5.51. The van der Waals surface area contributed by atoms with Crippen molar-refractivity contribution in [1.82, 2.24) is 24.9 Å². The molecular weight excluding hydrogens is 430 g/mol. The van der Waals surface area contributed by atoms with Crippen LogP contribution in [0.2, 0.25) is 5.02 Å². The monoisotopic (exact) mass is 451 g/mol. The third-order valence-electron chi connectivity index (χ3n) is 5.23. The number of amides is 1. The van der Waals surface area contributed by atoms with Crippen LogP contribution in [0.1, 0.15) is 15.9 Å². The van der Waals surface area contributed by atoms with Gasteiger partial charge in [-0.3, -0.25) is 23.7 Å². The molecule has 0 unspecified atom stereocenters. The number of fused-ring (bicyclic) bond motifs is 1. The molecule has 0 atom stereocenters. The minimum absolute atomic E-state index is 0.0838. The van der Waals surface area contributed by atoms with Crippen molar-refractivity contribution in [2.75, 3.05) is 13.6 Å². The van der Waals surface area contributed by atoms with E-state index in [4.69, 9.17) is 11.6 Å². The number of rotatable bonds is 5. The van der Waals surface area contributed by atoms with E-state index in [-0.39, 0.29) is 12.5 Å². The number of carbonyl (C=O) groups excluding carboxylic acids is 1. The highest BCUT2D eigenvalue weighted by Gasteiger charge is 2.15. The summed E-state index contributed by atoms with van der Waals surface area (Å²) in [5.41, 5.74) is 4.55. The number of aryl methyl sites for hydroxylation is 1. The van der Waals surface area contributed by atoms with Crippen molar-refractivity contribution in [2.24, 2.45) is 7.05 Å². The smallest absolute Gasteiger partial charge is 0.331 e. The van der Waals surface area contributed by atoms with Crippen molar-refractivity contribution in [3.8, 4) is 0 Å². The number of aromatic nitrogens is 2. The van der Waals surface area contributed by atoms with Crippen LogP contribution < -0.4 is 22.0 Å². The van der Waals surface area contributed by atoms with E-state index in [9.17, 15) is 14.4 Å². The lowest BCUT2D eigenvalue weighted by Crippen LogP contribution is -2.39. The Morgan fingerprint density at radius 3 is 2.69 bits per heavy atom. The molecule has 0 saturated heterocycles. The van der Waals surface area contributed by atoms with E-state index in [1.165, 1.54) is 10.6 Å². The van der Waals surface area contributed by atoms with Crippen LogP contribution in [0.4, 0.5) is 0 Å². The van der Waals surface area contributed by atoms with Crippen molar-refractivity contribution < 1.29 is 4.79 Å². The summed E-state index contributed by atoms with van der Waals surface area (Å²) in [6.45, 7) is 0.423. The summed E-state index contributed by atoms with van der Waals surface area (Å²) in [7, 11) is 3.46. The predicted octanol–water partition coefficient (Wildman–Crippen LogP) is 1.98. The third-order valence-corrected chi connectivity index (χ3v) is 5.47. The fourth-order valence-electron chi connectivity index (χ4n) is 3.59. The number of halogens is 1. The van der Waals surface area contributed by atoms with Crippen LogP contribution in [0, 0.1) is 0 Å². The topological polar surface area (TPSA) is 88.4 Å². The maximum atomic E-state index is 13.2. The summed E-state index contributed by atoms with van der Waals surface area (Å²) in [4.78, 5) is 38.7. The maximum absolute atomic E-state index is 13.2. The SMILES string of the molecule is CN1C=C(CNC(=O)c2ccc3c(c2)c(=O)n(Cc2cccc(Cl)c2)c(=O)n3C)C=CN1. The predicted molar refractivity (Wildman–Crippen MR) is 124 cm³/mol. The van der Waals surface area contributed by atoms with Crippen LogP contribution in [0.5, 0.6) is 0 Å². The standard InChI is InChI=1S/C23H22ClN5O3/c1-27-13-16(8-9-26-27)12-25-21(30)17-6-7-20-19(11-17)22(31)29(23(32)28(20)2)14-15-4-3-5-18(24)10-15/h3-11,13,26H,12,14H2,1-2H3,(H,25,30). The van der Waals surface area contributed by atoms with Crippen molar-refractivity contribution in [1.29, 1.82) is 0 Å². The van der Waals surface area contributed by atoms with Gasteiger partial charge in [-0.05, 0) is 47.5 Å². The van der Waals surface area contributed by atoms with Crippen LogP contribution >= 0.6 is 11.6 Å². The highest BCUT2D eigenvalue weighted by molar-refractivity contribution is 6.30. The molecule has 164 valence electrons. The van der Waals surface area contributed by atoms with Crippen molar-refractivity contribution in [3.63, 3.8) is 0 Å². The van der Waals surface area contributed by atoms with Crippen molar-refractivity contribution in [2.45, 2.75) is 6.54 Å². The van der Waals surface area contributed by atoms with Gasteiger partial charge < -0.3 is 10.7 Å². The lowest BCUT2D eigenvalue weighted by atomic mass is 10.1. The van der Waals surface area contributed by atoms with Gasteiger partial charge in [0.05, 0.1) is 17.4 Å². The molecule has 0 spiro atoms. The van der Waals surface area contributed by atoms with Gasteiger partial charge in [0.1, 0.15) is 0 Å². The number of hydrazine groups is 1. The van der Waals surface area contributed by atoms with Gasteiger partial charge in [0.2, 0.25) is 0 Å². The van der Waals surface area contributed by atoms with Crippen LogP contribution in [-0.2, 0) is 13.6 Å². The molecule has 3 aromatic rings. The first kappa shape index (κ1) is 21.5. The fourth-order valence-corrected chi connectivity index (χ4v) is 3.81. The Morgan fingerprint density at radius 1 is 1.12 bits per heavy atom. The Hall–Kier alpha value is -3.78. The lowest BCUT2D eigenvalue weighted by Gasteiger charge is -2.19. The summed E-state index contributed by atoms with van der Waals surface area (Å²) in [5, 5.41) is 5.45. The summed E-state index contributed by atoms with van der Waals surface area (Å²) < 4.78 is 2.56. The molecule has 1 aromatic heterocycles. The first-order valence-electron chi connectivity index (χ1n) is 9.96. The van der Waals surface area contributed by atoms with E-state index in [1.54, 1.807) is 54.7 Å². The van der Waals surface area contributed by atoms with Gasteiger partial charge in [-0.1, -0.05) is 23.7 Å². The molecule has 1 aliphatic heterocycles. The van der Waals surface area contributed by atoms with E-state index >= 15 is 0 Å². The molecule has 0 radical (unpaired) electrons. The average Bonchev–Trinajstić information content (AvgIpc) is 2.78. The second-order valence-electron chi connectivity index (χ2n) is 7.55. The third kappa shape index (κ3) is 4.31. The molecule has 0 saturated carbocycles. The van der Waals surface area contributed by atoms with Crippen LogP contribution in [0.3, 0.4) is 0 Å². The second kappa shape index (κ2) is 8.76. The summed E-state index contributed by atoms with van der Waals surface area (Å²) >= 11 is 6.04. The van der Waals surface area contributed by atoms with Gasteiger partial charge in [-0.2, -0.15) is 0 Å². The number of hydrogen-bond acceptors (Lipinski definition) is 5. The highest BCUT2D eigenvalue weighted by Crippen LogP contribution is 2.14. The van der Waals surface area contributed by atoms with E-state index in [0.717, 1.165) is 15.7 Å². The average molecular weight is 452 g/mol. The molecule has 1 aliphatic rings. The molecule has 2 aromatic carbocycles. The summed E-state index contributed by atoms with van der Waals surface area (Å²) in [6, 6.07) is 11.8. The van der Waals surface area contributed by atoms with Gasteiger partial charge in [0, 0.05) is 43.6 Å². The van der Waals surface area contributed by atoms with Gasteiger partial charge >= 0.3 is 5.69 Å². The quantitative estimate of drug-likeness (QED) is 0.619. The number of carbonyl (C=O) groups is 1. The van der Waals surface area contributed by atoms with E-state index < -0.39 is 11.2 Å². The normalized spacial score (nSPS) is 13.1. The van der Waals surface area contributed by atoms with Crippen molar-refractivity contribution in [3.05, 3.63) is 104 Å². The first-order valence-corrected chi connectivity index (χ1v) is 10.3. The van der Waals surface area contributed by atoms with E-state index in [0.29, 0.717) is 28.0 Å². The van der Waals surface area contributed by atoms with E-state index in [1.807, 2.05) is 19.3 Å². The Labute approximate surface area is 189 Å². The van der Waals surface area contributed by atoms with Crippen molar-refractivity contribution >= 4 is 28.4 Å². The number of hydrogen-bond donors (Lipinski definition) is 2. The van der Waals surface area contributed by atoms with Crippen LogP contribution in [0.15, 0.2) is 76.1 Å². The Kier molecular flexibility index (Phi) is 5.87. The fraction of sp³-hybridized carbons (Fsp3) is 0.174. The molecule has 32 heavy (non-hydrogen) atoms. The van der Waals surface area contributed by atoms with Gasteiger partial charge in [-0.25, -0.2) is 4.79 Å². The molecule has 4 rings (SSSR count). The lowest BCUT2D eigenvalue weighted by molar-refractivity contribution is 0.0957. The molecular formula is C23H22ClN5O3. The molecule has 8 nitrogen and oxygen atoms in total. The van der Waals surface area contributed by atoms with Gasteiger partial charge in [0.15, 0.2) is 0 Å². The molecule has 0 bridgehead atoms. The van der Waals surface area contributed by atoms with Crippen LogP contribution in [0.25, 0.3) is 10.9 Å². The highest BCUT2D eigenvalue weighted by atomic mass is 35.5. The Bertz CT molecular complexity index is 1390. The zero-order valence-corrected chi connectivity index (χ0v) is 18.4. The number of nitrogens with zero attached hydrogens (tertiary/aromatic N) is 3. The first-order chi connectivity index (χ1) is 15.3. The Balaban J connectivity index is 1.67. The maximum Gasteiger partial charge on any atom is 0.331 e. The zero-order chi connectivity index (χ0) is 22.8. The molecule has 2 N–H and O–H groups in total. The molecule has 9 heteroatoms. The van der Waals surface area contributed by atoms with Gasteiger partial charge in [-0.15, -0.1) is 0 Å². The Morgan fingerprint density at radius 2 is 1.94 bits per heavy atom. The van der Waals surface area contributed by atoms with Crippen LogP contribution in [-0.4, -0.2) is 33.6 Å². The zero-order valence-electron chi connectivity index (χ0n) is 17.6. The minimum atomic E-state index is -0.455.